The van der Waals surface area contributed by atoms with Crippen LogP contribution in [0.15, 0.2) is 91.1 Å². The molecule has 7 rings (SSSR count). The van der Waals surface area contributed by atoms with Crippen LogP contribution in [0.3, 0.4) is 0 Å². The second-order valence-electron chi connectivity index (χ2n) is 23.6. The molecule has 1 aromatic heterocycles. The van der Waals surface area contributed by atoms with Gasteiger partial charge in [0.05, 0.1) is 17.5 Å². The summed E-state index contributed by atoms with van der Waals surface area (Å²) in [5.74, 6) is -3.58. The summed E-state index contributed by atoms with van der Waals surface area (Å²) in [6.45, 7) is 6.20. The van der Waals surface area contributed by atoms with E-state index in [9.17, 15) is 42.7 Å². The molecule has 3 aliphatic heterocycles. The van der Waals surface area contributed by atoms with Gasteiger partial charge in [0.2, 0.25) is 17.7 Å². The Bertz CT molecular complexity index is 3020. The molecular weight excluding hydrogens is 1170 g/mol. The number of anilines is 1. The van der Waals surface area contributed by atoms with Gasteiger partial charge in [0.15, 0.2) is 0 Å². The molecule has 7 amide bonds. The van der Waals surface area contributed by atoms with Crippen molar-refractivity contribution >= 4 is 64.8 Å². The summed E-state index contributed by atoms with van der Waals surface area (Å²) >= 11 is 1.52. The molecule has 4 heterocycles. The van der Waals surface area contributed by atoms with E-state index in [0.29, 0.717) is 94.1 Å². The number of unbranched alkanes of at least 4 members (excludes halogenated alkanes) is 6. The van der Waals surface area contributed by atoms with Crippen molar-refractivity contribution in [2.24, 2.45) is 29.4 Å². The van der Waals surface area contributed by atoms with Gasteiger partial charge < -0.3 is 45.9 Å². The number of benzene rings is 3. The van der Waals surface area contributed by atoms with Gasteiger partial charge in [-0.3, -0.25) is 38.5 Å². The lowest BCUT2D eigenvalue weighted by atomic mass is 9.88. The maximum Gasteiger partial charge on any atom is 0.312 e. The Balaban J connectivity index is 0.844. The average molecular weight is 1250 g/mol. The molecule has 19 nitrogen and oxygen atoms in total. The number of nitrogens with two attached hydrogens (primary N) is 1. The molecule has 0 bridgehead atoms. The second-order valence-corrected chi connectivity index (χ2v) is 24.7. The number of primary amides is 1. The number of imide groups is 1. The maximum atomic E-state index is 15.5. The number of aromatic nitrogens is 2. The minimum Gasteiger partial charge on any atom is -0.461 e. The number of hydrogen-bond donors (Lipinski definition) is 5. The van der Waals surface area contributed by atoms with E-state index < -0.39 is 59.6 Å². The van der Waals surface area contributed by atoms with Gasteiger partial charge in [-0.2, -0.15) is 11.8 Å². The number of nitrogens with one attached hydrogen (secondary N) is 4. The molecule has 0 unspecified atom stereocenters. The fraction of sp³-hybridized carbons (Fsp3) is 0.530. The molecule has 4 aromatic rings. The van der Waals surface area contributed by atoms with E-state index in [0.717, 1.165) is 54.3 Å². The Labute approximate surface area is 523 Å². The molecule has 5 atom stereocenters. The van der Waals surface area contributed by atoms with Crippen LogP contribution in [0.1, 0.15) is 133 Å². The molecule has 2 saturated heterocycles. The molecule has 0 saturated carbocycles. The molecule has 3 aliphatic rings. The Kier molecular flexibility index (Phi) is 27.7. The number of ether oxygens (including phenoxy) is 2. The third kappa shape index (κ3) is 22.0. The molecule has 23 heteroatoms. The number of halogens is 3. The number of hydrogen-bond acceptors (Lipinski definition) is 13. The smallest absolute Gasteiger partial charge is 0.312 e. The number of ketones is 1. The van der Waals surface area contributed by atoms with Crippen molar-refractivity contribution in [3.05, 3.63) is 120 Å². The first kappa shape index (κ1) is 69.1. The first-order chi connectivity index (χ1) is 42.9. The van der Waals surface area contributed by atoms with E-state index in [1.807, 2.05) is 48.7 Å². The standard InChI is InChI=1S/C66H86F3N9O10S/c1-44(2)52(36-51(79)17-10-7-12-31-77-58(80)26-27-59(77)81)64(84)75-56(18-14-30-72-66(70)86)65(85)73-50-23-20-46(21-24-50)42-88-61(83)19-11-4-3-5-13-34-89-43-60(82)78(40-48-37-71-38-55(48)69)62(47-28-32-87-33-29-47)63-74-57(53-35-49(67)22-25-54(53)68)41-76(63)39-45-15-8-6-9-16-45/h6,8-9,15-16,20-27,35,41,44,47-48,52,55-56,62,71H,3-5,7,10-14,17-19,28-34,36-40,42-43H2,1-2H3,(H,73,85)(H,75,84)(H3,70,72,86)/t48-,52-,55-,56-,62+/m0/s1. The Hall–Kier alpha value is -7.37. The predicted molar refractivity (Wildman–Crippen MR) is 333 cm³/mol. The van der Waals surface area contributed by atoms with Gasteiger partial charge in [-0.1, -0.05) is 82.0 Å². The molecule has 0 radical (unpaired) electrons. The van der Waals surface area contributed by atoms with Crippen molar-refractivity contribution < 1.29 is 61.0 Å². The number of nitrogens with zero attached hydrogens (tertiary/aromatic N) is 4. The normalized spacial score (nSPS) is 16.9. The van der Waals surface area contributed by atoms with Gasteiger partial charge in [-0.05, 0) is 110 Å². The fourth-order valence-electron chi connectivity index (χ4n) is 11.4. The van der Waals surface area contributed by atoms with Crippen LogP contribution in [0.25, 0.3) is 11.3 Å². The van der Waals surface area contributed by atoms with Gasteiger partial charge in [0, 0.05) is 113 Å². The number of carbonyl (C=O) groups is 8. The van der Waals surface area contributed by atoms with Crippen LogP contribution in [0.4, 0.5) is 23.7 Å². The molecule has 6 N–H and O–H groups in total. The van der Waals surface area contributed by atoms with Crippen LogP contribution in [0.5, 0.6) is 0 Å². The minimum atomic E-state index is -1.15. The largest absolute Gasteiger partial charge is 0.461 e. The van der Waals surface area contributed by atoms with Crippen molar-refractivity contribution in [2.75, 3.05) is 62.8 Å². The van der Waals surface area contributed by atoms with E-state index in [1.54, 1.807) is 35.4 Å². The van der Waals surface area contributed by atoms with E-state index in [2.05, 4.69) is 21.3 Å². The molecule has 0 aliphatic carbocycles. The number of carbonyl (C=O) groups excluding carboxylic acids is 8. The zero-order chi connectivity index (χ0) is 63.7. The number of alkyl halides is 1. The molecule has 2 fully saturated rings. The molecule has 3 aromatic carbocycles. The SMILES string of the molecule is CC(C)[C@H](CC(=O)CCCCCN1C(=O)C=CC1=O)C(=O)N[C@@H](CCCNC(N)=O)C(=O)Nc1ccc(COC(=O)CCCCCCCSCC(=O)N(C[C@@H]2CNC[C@@H]2F)[C@@H](c2nc(-c3cc(F)ccc3F)cn2Cc2ccccc2)C2CCOCC2)cc1. The van der Waals surface area contributed by atoms with Crippen molar-refractivity contribution in [3.8, 4) is 11.3 Å². The zero-order valence-electron chi connectivity index (χ0n) is 51.1. The lowest BCUT2D eigenvalue weighted by Crippen LogP contribution is -2.47. The van der Waals surface area contributed by atoms with Gasteiger partial charge >= 0.3 is 12.0 Å². The Morgan fingerprint density at radius 3 is 2.26 bits per heavy atom. The van der Waals surface area contributed by atoms with E-state index in [4.69, 9.17) is 20.2 Å². The van der Waals surface area contributed by atoms with Crippen LogP contribution < -0.4 is 27.0 Å². The van der Waals surface area contributed by atoms with Crippen molar-refractivity contribution in [1.29, 1.82) is 0 Å². The first-order valence-electron chi connectivity index (χ1n) is 31.2. The van der Waals surface area contributed by atoms with Gasteiger partial charge in [0.1, 0.15) is 42.1 Å². The van der Waals surface area contributed by atoms with E-state index >= 15 is 8.78 Å². The van der Waals surface area contributed by atoms with Crippen molar-refractivity contribution in [1.82, 2.24) is 35.3 Å². The predicted octanol–water partition coefficient (Wildman–Crippen LogP) is 9.14. The van der Waals surface area contributed by atoms with Crippen LogP contribution in [0.2, 0.25) is 0 Å². The number of rotatable bonds is 37. The summed E-state index contributed by atoms with van der Waals surface area (Å²) in [6.07, 6.45) is 10.9. The highest BCUT2D eigenvalue weighted by Crippen LogP contribution is 2.39. The highest BCUT2D eigenvalue weighted by atomic mass is 32.2. The number of urea groups is 1. The number of thioether (sulfide) groups is 1. The van der Waals surface area contributed by atoms with Gasteiger partial charge in [-0.15, -0.1) is 0 Å². The van der Waals surface area contributed by atoms with Gasteiger partial charge in [-0.25, -0.2) is 22.9 Å². The molecule has 89 heavy (non-hydrogen) atoms. The summed E-state index contributed by atoms with van der Waals surface area (Å²) in [4.78, 5) is 111. The summed E-state index contributed by atoms with van der Waals surface area (Å²) < 4.78 is 58.7. The minimum absolute atomic E-state index is 0.0100. The maximum absolute atomic E-state index is 15.5. The summed E-state index contributed by atoms with van der Waals surface area (Å²) in [7, 11) is 0. The Morgan fingerprint density at radius 1 is 0.843 bits per heavy atom. The lowest BCUT2D eigenvalue weighted by Gasteiger charge is -2.40. The van der Waals surface area contributed by atoms with Crippen LogP contribution in [0, 0.1) is 35.3 Å². The monoisotopic (exact) mass is 1250 g/mol. The van der Waals surface area contributed by atoms with E-state index in [-0.39, 0.29) is 117 Å². The highest BCUT2D eigenvalue weighted by Gasteiger charge is 2.40. The lowest BCUT2D eigenvalue weighted by molar-refractivity contribution is -0.145. The number of imidazole rings is 1. The molecule has 482 valence electrons. The molecular formula is C66H86F3N9O10S. The summed E-state index contributed by atoms with van der Waals surface area (Å²) in [6, 6.07) is 17.4. The number of Topliss-reactive ketones (excluding diaryl/α,β-unsaturated/α-hetero) is 1. The van der Waals surface area contributed by atoms with Crippen molar-refractivity contribution in [3.63, 3.8) is 0 Å². The summed E-state index contributed by atoms with van der Waals surface area (Å²) in [5, 5.41) is 11.3. The van der Waals surface area contributed by atoms with Gasteiger partial charge in [0.25, 0.3) is 11.8 Å². The van der Waals surface area contributed by atoms with Crippen molar-refractivity contribution in [2.45, 2.75) is 142 Å². The topological polar surface area (TPSA) is 253 Å². The zero-order valence-corrected chi connectivity index (χ0v) is 51.9. The number of amides is 7. The Morgan fingerprint density at radius 2 is 1.55 bits per heavy atom. The fourth-order valence-corrected chi connectivity index (χ4v) is 12.3. The first-order valence-corrected chi connectivity index (χ1v) is 32.4. The quantitative estimate of drug-likeness (QED) is 0.0161. The molecule has 0 spiro atoms. The third-order valence-corrected chi connectivity index (χ3v) is 17.5. The average Bonchev–Trinajstić information content (AvgIpc) is 2.05. The summed E-state index contributed by atoms with van der Waals surface area (Å²) in [5.41, 5.74) is 7.56. The third-order valence-electron chi connectivity index (χ3n) is 16.5. The van der Waals surface area contributed by atoms with Crippen LogP contribution in [-0.2, 0) is 56.2 Å². The number of esters is 1. The van der Waals surface area contributed by atoms with E-state index in [1.165, 1.54) is 23.9 Å². The van der Waals surface area contributed by atoms with Crippen LogP contribution >= 0.6 is 11.8 Å². The van der Waals surface area contributed by atoms with Crippen LogP contribution in [-0.4, -0.2) is 136 Å². The highest BCUT2D eigenvalue weighted by molar-refractivity contribution is 7.99. The second kappa shape index (κ2) is 35.7.